The molecule has 8 rings (SSSR count). The van der Waals surface area contributed by atoms with Gasteiger partial charge in [-0.3, -0.25) is 4.79 Å². The van der Waals surface area contributed by atoms with Gasteiger partial charge < -0.3 is 24.3 Å². The molecule has 11 nitrogen and oxygen atoms in total. The highest BCUT2D eigenvalue weighted by Crippen LogP contribution is 2.41. The van der Waals surface area contributed by atoms with Crippen molar-refractivity contribution in [3.8, 4) is 22.8 Å². The first-order valence-electron chi connectivity index (χ1n) is 13.1. The second kappa shape index (κ2) is 8.38. The summed E-state index contributed by atoms with van der Waals surface area (Å²) in [6.45, 7) is 2.56. The van der Waals surface area contributed by atoms with Crippen molar-refractivity contribution in [1.29, 1.82) is 0 Å². The molecule has 0 spiro atoms. The first-order valence-corrected chi connectivity index (χ1v) is 13.1. The Labute approximate surface area is 218 Å². The number of aromatic nitrogens is 6. The first-order chi connectivity index (χ1) is 18.7. The molecule has 2 bridgehead atoms. The van der Waals surface area contributed by atoms with Crippen LogP contribution < -0.4 is 15.0 Å². The number of amides is 1. The fourth-order valence-corrected chi connectivity index (χ4v) is 5.77. The lowest BCUT2D eigenvalue weighted by Gasteiger charge is -2.30. The van der Waals surface area contributed by atoms with Crippen molar-refractivity contribution < 1.29 is 14.3 Å². The number of pyridine rings is 1. The van der Waals surface area contributed by atoms with Crippen molar-refractivity contribution >= 4 is 17.3 Å². The van der Waals surface area contributed by atoms with Crippen LogP contribution in [0.2, 0.25) is 0 Å². The highest BCUT2D eigenvalue weighted by Gasteiger charge is 2.40. The molecule has 3 aromatic heterocycles. The molecule has 0 unspecified atom stereocenters. The molecule has 1 saturated carbocycles. The minimum Gasteiger partial charge on any atom is -0.489 e. The van der Waals surface area contributed by atoms with Gasteiger partial charge in [-0.2, -0.15) is 5.10 Å². The Kier molecular flexibility index (Phi) is 4.81. The Morgan fingerprint density at radius 1 is 1.13 bits per heavy atom. The zero-order chi connectivity index (χ0) is 25.2. The van der Waals surface area contributed by atoms with Crippen LogP contribution in [0.3, 0.4) is 0 Å². The van der Waals surface area contributed by atoms with Gasteiger partial charge in [0, 0.05) is 18.7 Å². The molecule has 1 N–H and O–H groups in total. The number of hydrogen-bond donors (Lipinski definition) is 1. The van der Waals surface area contributed by atoms with Gasteiger partial charge in [-0.25, -0.2) is 19.6 Å². The minimum absolute atomic E-state index is 0.250. The minimum atomic E-state index is -0.311. The number of nitrogens with one attached hydrogen (secondary N) is 1. The fraction of sp³-hybridized carbons (Fsp3) is 0.370. The molecule has 1 aliphatic carbocycles. The highest BCUT2D eigenvalue weighted by molar-refractivity contribution is 6.05. The van der Waals surface area contributed by atoms with Gasteiger partial charge >= 0.3 is 0 Å². The van der Waals surface area contributed by atoms with E-state index in [-0.39, 0.29) is 12.0 Å². The number of hydrogen-bond acceptors (Lipinski definition) is 8. The number of nitrogens with zero attached hydrogens (tertiary/aromatic N) is 7. The van der Waals surface area contributed by atoms with Gasteiger partial charge in [-0.05, 0) is 37.5 Å². The Balaban J connectivity index is 1.14. The fourth-order valence-electron chi connectivity index (χ4n) is 5.77. The van der Waals surface area contributed by atoms with Crippen LogP contribution in [0.4, 0.5) is 11.4 Å². The van der Waals surface area contributed by atoms with E-state index < -0.39 is 0 Å². The summed E-state index contributed by atoms with van der Waals surface area (Å²) in [6, 6.07) is 7.81. The van der Waals surface area contributed by atoms with E-state index in [1.807, 2.05) is 41.4 Å². The molecule has 2 saturated heterocycles. The maximum atomic E-state index is 13.5. The second-order valence-corrected chi connectivity index (χ2v) is 10.3. The number of morpholine rings is 1. The first kappa shape index (κ1) is 21.8. The van der Waals surface area contributed by atoms with Crippen molar-refractivity contribution in [1.82, 2.24) is 29.3 Å². The van der Waals surface area contributed by atoms with Crippen LogP contribution in [-0.4, -0.2) is 67.1 Å². The van der Waals surface area contributed by atoms with Crippen LogP contribution in [0, 0.1) is 0 Å². The van der Waals surface area contributed by atoms with E-state index in [0.29, 0.717) is 48.1 Å². The van der Waals surface area contributed by atoms with Gasteiger partial charge in [0.25, 0.3) is 5.91 Å². The Hall–Kier alpha value is -4.25. The summed E-state index contributed by atoms with van der Waals surface area (Å²) in [5, 5.41) is 7.30. The molecule has 3 aliphatic heterocycles. The molecule has 4 aliphatic rings. The monoisotopic (exact) mass is 510 g/mol. The van der Waals surface area contributed by atoms with E-state index in [9.17, 15) is 4.79 Å². The van der Waals surface area contributed by atoms with Crippen LogP contribution in [0.25, 0.3) is 17.1 Å². The summed E-state index contributed by atoms with van der Waals surface area (Å²) >= 11 is 0. The quantitative estimate of drug-likeness (QED) is 0.436. The van der Waals surface area contributed by atoms with Crippen LogP contribution in [-0.2, 0) is 11.3 Å². The van der Waals surface area contributed by atoms with E-state index in [0.717, 1.165) is 42.2 Å². The second-order valence-electron chi connectivity index (χ2n) is 10.3. The summed E-state index contributed by atoms with van der Waals surface area (Å²) in [4.78, 5) is 29.5. The topological polar surface area (TPSA) is 112 Å². The number of imidazole rings is 1. The van der Waals surface area contributed by atoms with E-state index in [1.54, 1.807) is 4.68 Å². The maximum Gasteiger partial charge on any atom is 0.274 e. The van der Waals surface area contributed by atoms with Gasteiger partial charge in [-0.15, -0.1) is 0 Å². The zero-order valence-corrected chi connectivity index (χ0v) is 20.7. The largest absolute Gasteiger partial charge is 0.489 e. The number of rotatable bonds is 5. The van der Waals surface area contributed by atoms with Crippen LogP contribution in [0.15, 0.2) is 49.3 Å². The Bertz CT molecular complexity index is 1560. The molecule has 1 aromatic carbocycles. The summed E-state index contributed by atoms with van der Waals surface area (Å²) in [5.74, 6) is 1.53. The molecule has 2 atom stereocenters. The number of para-hydroxylation sites is 1. The van der Waals surface area contributed by atoms with Crippen molar-refractivity contribution in [3.63, 3.8) is 0 Å². The average molecular weight is 511 g/mol. The number of fused-ring (bicyclic) bond motifs is 5. The van der Waals surface area contributed by atoms with Crippen LogP contribution in [0.1, 0.15) is 41.4 Å². The number of anilines is 2. The zero-order valence-electron chi connectivity index (χ0n) is 20.7. The summed E-state index contributed by atoms with van der Waals surface area (Å²) in [7, 11) is 0. The number of benzene rings is 1. The number of carbonyl (C=O) groups excluding carboxylic acids is 1. The predicted octanol–water partition coefficient (Wildman–Crippen LogP) is 3.03. The third-order valence-electron chi connectivity index (χ3n) is 7.85. The van der Waals surface area contributed by atoms with E-state index in [4.69, 9.17) is 9.47 Å². The number of ether oxygens (including phenoxy) is 2. The SMILES string of the molecule is O=C(Nc1cccc2c1OCCn1ncnc1-2)c1cc(-n2cnc(C3CC3)c2)c(N2C[C@@H]3C[C@H]2CO3)cn1. The Morgan fingerprint density at radius 2 is 2.08 bits per heavy atom. The highest BCUT2D eigenvalue weighted by atomic mass is 16.5. The smallest absolute Gasteiger partial charge is 0.274 e. The third-order valence-corrected chi connectivity index (χ3v) is 7.85. The van der Waals surface area contributed by atoms with E-state index in [1.165, 1.54) is 19.2 Å². The van der Waals surface area contributed by atoms with E-state index >= 15 is 0 Å². The van der Waals surface area contributed by atoms with Crippen LogP contribution >= 0.6 is 0 Å². The number of carbonyl (C=O) groups is 1. The molecule has 11 heteroatoms. The van der Waals surface area contributed by atoms with Gasteiger partial charge in [0.15, 0.2) is 11.6 Å². The molecule has 6 heterocycles. The molecular formula is C27H26N8O3. The van der Waals surface area contributed by atoms with E-state index in [2.05, 4.69) is 36.5 Å². The predicted molar refractivity (Wildman–Crippen MR) is 138 cm³/mol. The van der Waals surface area contributed by atoms with Gasteiger partial charge in [-0.1, -0.05) is 6.07 Å². The molecule has 3 fully saturated rings. The molecule has 38 heavy (non-hydrogen) atoms. The van der Waals surface area contributed by atoms with Gasteiger partial charge in [0.2, 0.25) is 0 Å². The van der Waals surface area contributed by atoms with Crippen molar-refractivity contribution in [2.24, 2.45) is 0 Å². The van der Waals surface area contributed by atoms with Gasteiger partial charge in [0.05, 0.1) is 66.1 Å². The lowest BCUT2D eigenvalue weighted by Crippen LogP contribution is -2.37. The van der Waals surface area contributed by atoms with Crippen LogP contribution in [0.5, 0.6) is 5.75 Å². The van der Waals surface area contributed by atoms with Gasteiger partial charge in [0.1, 0.15) is 18.6 Å². The molecule has 1 amide bonds. The lowest BCUT2D eigenvalue weighted by atomic mass is 10.1. The standard InChI is InChI=1S/C27H26N8O3/c36-27(32-20-3-1-2-19-25(20)37-7-6-35-26(19)29-14-31-35)21-9-23(33-12-22(30-15-33)16-4-5-16)24(10-28-21)34-11-18-8-17(34)13-38-18/h1-3,9-10,12,14-18H,4-8,11,13H2,(H,32,36)/t17-,18-/m0/s1. The molecule has 192 valence electrons. The normalized spacial score (nSPS) is 21.5. The summed E-state index contributed by atoms with van der Waals surface area (Å²) < 4.78 is 15.7. The molecule has 4 aromatic rings. The lowest BCUT2D eigenvalue weighted by molar-refractivity contribution is 0.0989. The Morgan fingerprint density at radius 3 is 2.92 bits per heavy atom. The molecular weight excluding hydrogens is 484 g/mol. The maximum absolute atomic E-state index is 13.5. The third kappa shape index (κ3) is 3.57. The van der Waals surface area contributed by atoms with Crippen molar-refractivity contribution in [2.75, 3.05) is 30.0 Å². The van der Waals surface area contributed by atoms with Crippen molar-refractivity contribution in [3.05, 3.63) is 60.7 Å². The molecule has 0 radical (unpaired) electrons. The van der Waals surface area contributed by atoms with Crippen molar-refractivity contribution in [2.45, 2.75) is 43.9 Å². The summed E-state index contributed by atoms with van der Waals surface area (Å²) in [6.07, 6.45) is 10.9. The average Bonchev–Trinajstić information content (AvgIpc) is 3.30. The summed E-state index contributed by atoms with van der Waals surface area (Å²) in [5.41, 5.74) is 4.67.